The smallest absolute Gasteiger partial charge is 0.322 e. The summed E-state index contributed by atoms with van der Waals surface area (Å²) in [6.07, 6.45) is 3.39. The molecule has 1 saturated heterocycles. The quantitative estimate of drug-likeness (QED) is 0.821. The van der Waals surface area contributed by atoms with Gasteiger partial charge in [-0.2, -0.15) is 0 Å². The summed E-state index contributed by atoms with van der Waals surface area (Å²) in [7, 11) is 0. The van der Waals surface area contributed by atoms with Gasteiger partial charge in [-0.25, -0.2) is 4.79 Å². The molecular formula is C17H19N3O4. The molecule has 1 saturated carbocycles. The lowest BCUT2D eigenvalue weighted by Gasteiger charge is -2.23. The topological polar surface area (TPSA) is 90.0 Å². The van der Waals surface area contributed by atoms with Crippen molar-refractivity contribution < 1.29 is 19.5 Å². The molecule has 2 N–H and O–H groups in total. The third kappa shape index (κ3) is 2.36. The fourth-order valence-electron chi connectivity index (χ4n) is 3.49. The first-order valence-electron chi connectivity index (χ1n) is 8.30. The Balaban J connectivity index is 1.53. The van der Waals surface area contributed by atoms with E-state index in [4.69, 9.17) is 0 Å². The average molecular weight is 329 g/mol. The van der Waals surface area contributed by atoms with Gasteiger partial charge in [0.25, 0.3) is 11.8 Å². The van der Waals surface area contributed by atoms with Gasteiger partial charge in [0.2, 0.25) is 0 Å². The van der Waals surface area contributed by atoms with E-state index in [0.717, 1.165) is 25.7 Å². The minimum Gasteiger partial charge on any atom is -0.394 e. The molecule has 2 aliphatic heterocycles. The maximum absolute atomic E-state index is 12.4. The number of rotatable bonds is 3. The first-order valence-corrected chi connectivity index (χ1v) is 8.30. The number of hydrogen-bond acceptors (Lipinski definition) is 4. The van der Waals surface area contributed by atoms with Crippen LogP contribution in [0.3, 0.4) is 0 Å². The molecular weight excluding hydrogens is 310 g/mol. The van der Waals surface area contributed by atoms with Crippen molar-refractivity contribution in [2.24, 2.45) is 0 Å². The van der Waals surface area contributed by atoms with E-state index in [1.54, 1.807) is 23.1 Å². The van der Waals surface area contributed by atoms with Gasteiger partial charge in [-0.15, -0.1) is 0 Å². The number of aliphatic hydroxyl groups is 1. The third-order valence-electron chi connectivity index (χ3n) is 4.93. The number of imide groups is 1. The second-order valence-electron chi connectivity index (χ2n) is 6.57. The van der Waals surface area contributed by atoms with Crippen LogP contribution in [0.25, 0.3) is 0 Å². The van der Waals surface area contributed by atoms with Crippen LogP contribution in [0.2, 0.25) is 0 Å². The number of fused-ring (bicyclic) bond motifs is 1. The van der Waals surface area contributed by atoms with Gasteiger partial charge in [-0.1, -0.05) is 0 Å². The van der Waals surface area contributed by atoms with E-state index in [1.165, 1.54) is 4.90 Å². The lowest BCUT2D eigenvalue weighted by Crippen LogP contribution is -2.40. The summed E-state index contributed by atoms with van der Waals surface area (Å²) in [4.78, 5) is 40.0. The maximum Gasteiger partial charge on any atom is 0.322 e. The zero-order chi connectivity index (χ0) is 16.8. The Labute approximate surface area is 139 Å². The Hall–Kier alpha value is -2.41. The zero-order valence-electron chi connectivity index (χ0n) is 13.2. The van der Waals surface area contributed by atoms with Crippen molar-refractivity contribution in [1.29, 1.82) is 0 Å². The molecule has 4 amide bonds. The Bertz CT molecular complexity index is 729. The fraction of sp³-hybridized carbons (Fsp3) is 0.471. The molecule has 0 unspecified atom stereocenters. The van der Waals surface area contributed by atoms with E-state index in [2.05, 4.69) is 5.32 Å². The molecule has 7 heteroatoms. The van der Waals surface area contributed by atoms with Crippen LogP contribution in [0.1, 0.15) is 46.4 Å². The second-order valence-corrected chi connectivity index (χ2v) is 6.57. The van der Waals surface area contributed by atoms with Crippen LogP contribution < -0.4 is 5.32 Å². The van der Waals surface area contributed by atoms with Gasteiger partial charge in [0.1, 0.15) is 0 Å². The van der Waals surface area contributed by atoms with E-state index in [1.807, 2.05) is 0 Å². The van der Waals surface area contributed by atoms with Gasteiger partial charge < -0.3 is 15.3 Å². The van der Waals surface area contributed by atoms with Crippen LogP contribution in [0.4, 0.5) is 10.5 Å². The molecule has 24 heavy (non-hydrogen) atoms. The minimum absolute atomic E-state index is 0.0327. The van der Waals surface area contributed by atoms with Gasteiger partial charge in [0, 0.05) is 18.3 Å². The van der Waals surface area contributed by atoms with Crippen molar-refractivity contribution in [2.45, 2.75) is 37.8 Å². The summed E-state index contributed by atoms with van der Waals surface area (Å²) in [5.74, 6) is -0.515. The normalized spacial score (nSPS) is 23.0. The summed E-state index contributed by atoms with van der Waals surface area (Å²) >= 11 is 0. The van der Waals surface area contributed by atoms with Crippen molar-refractivity contribution in [3.8, 4) is 0 Å². The van der Waals surface area contributed by atoms with Crippen molar-refractivity contribution in [2.75, 3.05) is 18.5 Å². The van der Waals surface area contributed by atoms with Gasteiger partial charge in [-0.05, 0) is 43.9 Å². The van der Waals surface area contributed by atoms with Crippen LogP contribution in [0, 0.1) is 0 Å². The molecule has 7 nitrogen and oxygen atoms in total. The molecule has 1 aliphatic carbocycles. The molecule has 126 valence electrons. The minimum atomic E-state index is -0.290. The highest BCUT2D eigenvalue weighted by molar-refractivity contribution is 6.22. The Morgan fingerprint density at radius 3 is 2.62 bits per heavy atom. The number of benzene rings is 1. The van der Waals surface area contributed by atoms with Crippen LogP contribution >= 0.6 is 0 Å². The van der Waals surface area contributed by atoms with Gasteiger partial charge in [0.05, 0.1) is 23.8 Å². The molecule has 0 spiro atoms. The number of aliphatic hydroxyl groups excluding tert-OH is 1. The van der Waals surface area contributed by atoms with Crippen LogP contribution in [-0.4, -0.2) is 58.0 Å². The summed E-state index contributed by atoms with van der Waals surface area (Å²) < 4.78 is 0. The first-order chi connectivity index (χ1) is 11.6. The lowest BCUT2D eigenvalue weighted by molar-refractivity contribution is 0.0642. The van der Waals surface area contributed by atoms with Crippen LogP contribution in [-0.2, 0) is 0 Å². The van der Waals surface area contributed by atoms with Crippen molar-refractivity contribution in [1.82, 2.24) is 9.80 Å². The predicted molar refractivity (Wildman–Crippen MR) is 85.8 cm³/mol. The first kappa shape index (κ1) is 15.1. The summed E-state index contributed by atoms with van der Waals surface area (Å²) in [5, 5.41) is 12.1. The molecule has 1 aromatic rings. The number of anilines is 1. The number of hydrogen-bond donors (Lipinski definition) is 2. The molecule has 2 heterocycles. The lowest BCUT2D eigenvalue weighted by atomic mass is 10.1. The molecule has 0 aromatic heterocycles. The number of amides is 4. The number of likely N-dealkylation sites (tertiary alicyclic amines) is 1. The van der Waals surface area contributed by atoms with Crippen LogP contribution in [0.15, 0.2) is 18.2 Å². The van der Waals surface area contributed by atoms with E-state index in [0.29, 0.717) is 23.4 Å². The predicted octanol–water partition coefficient (Wildman–Crippen LogP) is 1.43. The van der Waals surface area contributed by atoms with E-state index in [9.17, 15) is 19.5 Å². The van der Waals surface area contributed by atoms with E-state index in [-0.39, 0.29) is 36.5 Å². The Morgan fingerprint density at radius 1 is 1.17 bits per heavy atom. The Kier molecular flexibility index (Phi) is 3.53. The summed E-state index contributed by atoms with van der Waals surface area (Å²) in [6.45, 7) is 0.551. The van der Waals surface area contributed by atoms with E-state index >= 15 is 0 Å². The molecule has 1 aromatic carbocycles. The maximum atomic E-state index is 12.4. The molecule has 4 rings (SSSR count). The number of urea groups is 1. The highest BCUT2D eigenvalue weighted by atomic mass is 16.3. The zero-order valence-corrected chi connectivity index (χ0v) is 13.2. The van der Waals surface area contributed by atoms with Crippen molar-refractivity contribution >= 4 is 23.5 Å². The second kappa shape index (κ2) is 5.59. The fourth-order valence-corrected chi connectivity index (χ4v) is 3.49. The standard InChI is InChI=1S/C17H19N3O4/c21-9-12-2-1-7-19(12)17(24)18-10-3-6-13-14(8-10)16(23)20(15(13)22)11-4-5-11/h3,6,8,11-12,21H,1-2,4-5,7,9H2,(H,18,24)/t12-/m0/s1. The molecule has 0 radical (unpaired) electrons. The summed E-state index contributed by atoms with van der Waals surface area (Å²) in [5.41, 5.74) is 1.24. The number of carbonyl (C=O) groups excluding carboxylic acids is 3. The molecule has 1 atom stereocenters. The largest absolute Gasteiger partial charge is 0.394 e. The monoisotopic (exact) mass is 329 g/mol. The number of nitrogens with one attached hydrogen (secondary N) is 1. The number of nitrogens with zero attached hydrogens (tertiary/aromatic N) is 2. The van der Waals surface area contributed by atoms with Gasteiger partial charge in [-0.3, -0.25) is 14.5 Å². The highest BCUT2D eigenvalue weighted by Gasteiger charge is 2.44. The van der Waals surface area contributed by atoms with E-state index < -0.39 is 0 Å². The van der Waals surface area contributed by atoms with Crippen molar-refractivity contribution in [3.63, 3.8) is 0 Å². The molecule has 3 aliphatic rings. The SMILES string of the molecule is O=C1c2ccc(NC(=O)N3CCC[C@H]3CO)cc2C(=O)N1C1CC1. The van der Waals surface area contributed by atoms with Gasteiger partial charge in [0.15, 0.2) is 0 Å². The molecule has 0 bridgehead atoms. The van der Waals surface area contributed by atoms with Crippen LogP contribution in [0.5, 0.6) is 0 Å². The summed E-state index contributed by atoms with van der Waals surface area (Å²) in [6, 6.07) is 4.39. The molecule has 2 fully saturated rings. The highest BCUT2D eigenvalue weighted by Crippen LogP contribution is 2.35. The average Bonchev–Trinajstić information content (AvgIpc) is 3.22. The van der Waals surface area contributed by atoms with Crippen molar-refractivity contribution in [3.05, 3.63) is 29.3 Å². The number of carbonyl (C=O) groups is 3. The van der Waals surface area contributed by atoms with Gasteiger partial charge >= 0.3 is 6.03 Å². The third-order valence-corrected chi connectivity index (χ3v) is 4.93. The Morgan fingerprint density at radius 2 is 1.92 bits per heavy atom.